The van der Waals surface area contributed by atoms with E-state index in [1.807, 2.05) is 0 Å². The molecule has 134 valence electrons. The van der Waals surface area contributed by atoms with Crippen LogP contribution in [0.2, 0.25) is 0 Å². The van der Waals surface area contributed by atoms with Crippen LogP contribution in [0.15, 0.2) is 46.1 Å². The monoisotopic (exact) mass is 356 g/mol. The fourth-order valence-corrected chi connectivity index (χ4v) is 3.82. The maximum atomic E-state index is 4.69. The lowest BCUT2D eigenvalue weighted by molar-refractivity contribution is 0.191. The minimum Gasteiger partial charge on any atom is -0.357 e. The predicted molar refractivity (Wildman–Crippen MR) is 107 cm³/mol. The van der Waals surface area contributed by atoms with Gasteiger partial charge >= 0.3 is 0 Å². The maximum absolute atomic E-state index is 4.69. The highest BCUT2D eigenvalue weighted by atomic mass is 32.1. The summed E-state index contributed by atoms with van der Waals surface area (Å²) < 4.78 is 0. The Bertz CT molecular complexity index is 681. The molecule has 25 heavy (non-hydrogen) atoms. The molecule has 1 atom stereocenters. The molecule has 3 rings (SSSR count). The molecule has 2 aromatic rings. The van der Waals surface area contributed by atoms with E-state index >= 15 is 0 Å². The number of benzene rings is 1. The molecule has 2 heterocycles. The normalized spacial score (nSPS) is 16.3. The number of aliphatic imine (C=N–C) groups is 1. The largest absolute Gasteiger partial charge is 0.357 e. The van der Waals surface area contributed by atoms with Gasteiger partial charge < -0.3 is 10.6 Å². The van der Waals surface area contributed by atoms with Crippen molar-refractivity contribution >= 4 is 17.3 Å². The Morgan fingerprint density at radius 2 is 2.08 bits per heavy atom. The van der Waals surface area contributed by atoms with Crippen LogP contribution in [-0.4, -0.2) is 36.5 Å². The fourth-order valence-electron chi connectivity index (χ4n) is 3.16. The SMILES string of the molecule is CCNC(=NCc1ccsc1)NCC(C)N1CCc2ccccc2C1. The average Bonchev–Trinajstić information content (AvgIpc) is 3.17. The fraction of sp³-hybridized carbons (Fsp3) is 0.450. The lowest BCUT2D eigenvalue weighted by Crippen LogP contribution is -2.47. The summed E-state index contributed by atoms with van der Waals surface area (Å²) in [6, 6.07) is 11.4. The number of rotatable bonds is 6. The summed E-state index contributed by atoms with van der Waals surface area (Å²) >= 11 is 1.72. The van der Waals surface area contributed by atoms with Crippen LogP contribution in [-0.2, 0) is 19.5 Å². The number of thiophene rings is 1. The molecule has 5 heteroatoms. The van der Waals surface area contributed by atoms with Gasteiger partial charge in [-0.25, -0.2) is 4.99 Å². The number of hydrogen-bond donors (Lipinski definition) is 2. The summed E-state index contributed by atoms with van der Waals surface area (Å²) in [6.07, 6.45) is 1.15. The third-order valence-electron chi connectivity index (χ3n) is 4.69. The van der Waals surface area contributed by atoms with Crippen LogP contribution in [0.5, 0.6) is 0 Å². The van der Waals surface area contributed by atoms with Gasteiger partial charge in [0.05, 0.1) is 6.54 Å². The summed E-state index contributed by atoms with van der Waals surface area (Å²) in [5.41, 5.74) is 4.24. The van der Waals surface area contributed by atoms with Crippen molar-refractivity contribution in [2.45, 2.75) is 39.4 Å². The van der Waals surface area contributed by atoms with Crippen molar-refractivity contribution in [1.82, 2.24) is 15.5 Å². The summed E-state index contributed by atoms with van der Waals surface area (Å²) in [5.74, 6) is 0.901. The Kier molecular flexibility index (Phi) is 6.48. The van der Waals surface area contributed by atoms with Crippen LogP contribution in [0.3, 0.4) is 0 Å². The zero-order valence-corrected chi connectivity index (χ0v) is 16.0. The molecule has 1 aromatic carbocycles. The van der Waals surface area contributed by atoms with Crippen LogP contribution >= 0.6 is 11.3 Å². The molecule has 1 aromatic heterocycles. The molecule has 0 radical (unpaired) electrons. The van der Waals surface area contributed by atoms with Crippen LogP contribution < -0.4 is 10.6 Å². The van der Waals surface area contributed by atoms with Gasteiger partial charge in [-0.1, -0.05) is 24.3 Å². The first-order chi connectivity index (χ1) is 12.3. The Labute approximate surface area is 155 Å². The van der Waals surface area contributed by atoms with Crippen LogP contribution in [0, 0.1) is 0 Å². The lowest BCUT2D eigenvalue weighted by Gasteiger charge is -2.34. The van der Waals surface area contributed by atoms with Gasteiger partial charge in [0, 0.05) is 32.2 Å². The zero-order valence-electron chi connectivity index (χ0n) is 15.2. The lowest BCUT2D eigenvalue weighted by atomic mass is 9.99. The molecular weight excluding hydrogens is 328 g/mol. The Balaban J connectivity index is 1.53. The molecule has 0 saturated carbocycles. The van der Waals surface area contributed by atoms with Crippen LogP contribution in [0.25, 0.3) is 0 Å². The van der Waals surface area contributed by atoms with E-state index in [1.54, 1.807) is 11.3 Å². The van der Waals surface area contributed by atoms with E-state index in [2.05, 4.69) is 70.5 Å². The predicted octanol–water partition coefficient (Wildman–Crippen LogP) is 3.25. The third kappa shape index (κ3) is 5.06. The van der Waals surface area contributed by atoms with Gasteiger partial charge in [-0.2, -0.15) is 11.3 Å². The molecule has 1 aliphatic heterocycles. The van der Waals surface area contributed by atoms with Gasteiger partial charge in [-0.15, -0.1) is 0 Å². The molecule has 0 spiro atoms. The Hall–Kier alpha value is -1.85. The Morgan fingerprint density at radius 3 is 2.84 bits per heavy atom. The molecule has 0 saturated heterocycles. The first-order valence-corrected chi connectivity index (χ1v) is 10.0. The number of nitrogens with zero attached hydrogens (tertiary/aromatic N) is 2. The molecule has 1 aliphatic rings. The molecule has 2 N–H and O–H groups in total. The minimum atomic E-state index is 0.471. The van der Waals surface area contributed by atoms with E-state index in [4.69, 9.17) is 4.99 Å². The smallest absolute Gasteiger partial charge is 0.191 e. The van der Waals surface area contributed by atoms with Crippen molar-refractivity contribution in [3.05, 3.63) is 57.8 Å². The topological polar surface area (TPSA) is 39.7 Å². The first kappa shape index (κ1) is 18.0. The van der Waals surface area contributed by atoms with E-state index in [1.165, 1.54) is 16.7 Å². The van der Waals surface area contributed by atoms with Crippen molar-refractivity contribution in [2.24, 2.45) is 4.99 Å². The van der Waals surface area contributed by atoms with Crippen molar-refractivity contribution in [1.29, 1.82) is 0 Å². The summed E-state index contributed by atoms with van der Waals surface area (Å²) in [4.78, 5) is 7.24. The highest BCUT2D eigenvalue weighted by Crippen LogP contribution is 2.19. The summed E-state index contributed by atoms with van der Waals surface area (Å²) in [7, 11) is 0. The standard InChI is InChI=1S/C20H28N4S/c1-3-21-20(23-13-17-9-11-25-15-17)22-12-16(2)24-10-8-18-6-4-5-7-19(18)14-24/h4-7,9,11,15-16H,3,8,10,12-14H2,1-2H3,(H2,21,22,23). The maximum Gasteiger partial charge on any atom is 0.191 e. The number of guanidine groups is 1. The second-order valence-electron chi connectivity index (χ2n) is 6.55. The van der Waals surface area contributed by atoms with Gasteiger partial charge in [0.1, 0.15) is 0 Å². The van der Waals surface area contributed by atoms with Gasteiger partial charge in [0.15, 0.2) is 5.96 Å². The van der Waals surface area contributed by atoms with Gasteiger partial charge in [0.25, 0.3) is 0 Å². The van der Waals surface area contributed by atoms with Gasteiger partial charge in [0.2, 0.25) is 0 Å². The molecule has 1 unspecified atom stereocenters. The van der Waals surface area contributed by atoms with E-state index in [9.17, 15) is 0 Å². The van der Waals surface area contributed by atoms with Crippen molar-refractivity contribution in [3.8, 4) is 0 Å². The van der Waals surface area contributed by atoms with E-state index in [0.29, 0.717) is 6.04 Å². The first-order valence-electron chi connectivity index (χ1n) is 9.10. The molecule has 4 nitrogen and oxygen atoms in total. The van der Waals surface area contributed by atoms with Crippen molar-refractivity contribution in [2.75, 3.05) is 19.6 Å². The number of fused-ring (bicyclic) bond motifs is 1. The quantitative estimate of drug-likeness (QED) is 0.616. The molecule has 0 fully saturated rings. The minimum absolute atomic E-state index is 0.471. The van der Waals surface area contributed by atoms with Gasteiger partial charge in [-0.05, 0) is 53.8 Å². The Morgan fingerprint density at radius 1 is 1.24 bits per heavy atom. The summed E-state index contributed by atoms with van der Waals surface area (Å²) in [5, 5.41) is 11.1. The molecule has 0 amide bonds. The highest BCUT2D eigenvalue weighted by Gasteiger charge is 2.20. The third-order valence-corrected chi connectivity index (χ3v) is 5.42. The second-order valence-corrected chi connectivity index (χ2v) is 7.33. The van der Waals surface area contributed by atoms with E-state index < -0.39 is 0 Å². The van der Waals surface area contributed by atoms with Crippen molar-refractivity contribution in [3.63, 3.8) is 0 Å². The molecule has 0 bridgehead atoms. The zero-order chi connectivity index (χ0) is 17.5. The average molecular weight is 357 g/mol. The molecule has 0 aliphatic carbocycles. The molecular formula is C20H28N4S. The summed E-state index contributed by atoms with van der Waals surface area (Å²) in [6.45, 7) is 9.07. The van der Waals surface area contributed by atoms with Crippen LogP contribution in [0.1, 0.15) is 30.5 Å². The van der Waals surface area contributed by atoms with Gasteiger partial charge in [-0.3, -0.25) is 4.90 Å². The van der Waals surface area contributed by atoms with E-state index in [0.717, 1.165) is 45.1 Å². The van der Waals surface area contributed by atoms with Crippen LogP contribution in [0.4, 0.5) is 0 Å². The highest BCUT2D eigenvalue weighted by molar-refractivity contribution is 7.07. The number of hydrogen-bond acceptors (Lipinski definition) is 3. The van der Waals surface area contributed by atoms with E-state index in [-0.39, 0.29) is 0 Å². The second kappa shape index (κ2) is 9.02. The van der Waals surface area contributed by atoms with Crippen molar-refractivity contribution < 1.29 is 0 Å². The number of nitrogens with one attached hydrogen (secondary N) is 2.